The summed E-state index contributed by atoms with van der Waals surface area (Å²) in [7, 11) is 0. The van der Waals surface area contributed by atoms with Gasteiger partial charge in [0.1, 0.15) is 0 Å². The number of nitrogens with one attached hydrogen (secondary N) is 1. The molecule has 0 amide bonds. The standard InChI is InChI=1S/C14H16N2O4/c1-8-6-11(18)15-13-9(16-2-4-20-5-3-16)7-10(17)14(19)12(8)13/h6-7,17,19H,2-5H2,1H3,(H,15,18). The number of pyridine rings is 1. The third-order valence-corrected chi connectivity index (χ3v) is 3.60. The summed E-state index contributed by atoms with van der Waals surface area (Å²) in [6.07, 6.45) is 0. The van der Waals surface area contributed by atoms with Gasteiger partial charge < -0.3 is 24.8 Å². The average molecular weight is 276 g/mol. The van der Waals surface area contributed by atoms with Gasteiger partial charge in [0.2, 0.25) is 5.56 Å². The van der Waals surface area contributed by atoms with E-state index in [2.05, 4.69) is 4.98 Å². The lowest BCUT2D eigenvalue weighted by atomic mass is 10.1. The molecule has 20 heavy (non-hydrogen) atoms. The van der Waals surface area contributed by atoms with Crippen molar-refractivity contribution in [2.24, 2.45) is 0 Å². The highest BCUT2D eigenvalue weighted by molar-refractivity contribution is 5.99. The van der Waals surface area contributed by atoms with Crippen molar-refractivity contribution in [1.82, 2.24) is 4.98 Å². The van der Waals surface area contributed by atoms with Gasteiger partial charge in [0.25, 0.3) is 0 Å². The van der Waals surface area contributed by atoms with Crippen LogP contribution in [0.2, 0.25) is 0 Å². The van der Waals surface area contributed by atoms with Gasteiger partial charge in [0.15, 0.2) is 11.5 Å². The number of morpholine rings is 1. The molecule has 1 aliphatic heterocycles. The number of H-pyrrole nitrogens is 1. The Kier molecular flexibility index (Phi) is 3.02. The second kappa shape index (κ2) is 4.72. The summed E-state index contributed by atoms with van der Waals surface area (Å²) < 4.78 is 5.31. The number of fused-ring (bicyclic) bond motifs is 1. The minimum Gasteiger partial charge on any atom is -0.504 e. The summed E-state index contributed by atoms with van der Waals surface area (Å²) in [4.78, 5) is 16.5. The molecule has 1 saturated heterocycles. The van der Waals surface area contributed by atoms with Gasteiger partial charge >= 0.3 is 0 Å². The maximum absolute atomic E-state index is 11.7. The van der Waals surface area contributed by atoms with Crippen LogP contribution in [0.3, 0.4) is 0 Å². The molecule has 3 rings (SSSR count). The number of phenols is 2. The number of phenolic OH excluding ortho intramolecular Hbond substituents is 2. The van der Waals surface area contributed by atoms with Gasteiger partial charge in [-0.2, -0.15) is 0 Å². The van der Waals surface area contributed by atoms with Gasteiger partial charge in [-0.25, -0.2) is 0 Å². The molecule has 1 aliphatic rings. The fraction of sp³-hybridized carbons (Fsp3) is 0.357. The molecular formula is C14H16N2O4. The number of hydrogen-bond donors (Lipinski definition) is 3. The molecule has 0 aliphatic carbocycles. The van der Waals surface area contributed by atoms with E-state index in [1.54, 1.807) is 6.92 Å². The average Bonchev–Trinajstić information content (AvgIpc) is 2.43. The van der Waals surface area contributed by atoms with Crippen LogP contribution in [-0.2, 0) is 4.74 Å². The number of hydrogen-bond acceptors (Lipinski definition) is 5. The first kappa shape index (κ1) is 12.8. The Balaban J connectivity index is 2.31. The smallest absolute Gasteiger partial charge is 0.248 e. The molecule has 2 heterocycles. The summed E-state index contributed by atoms with van der Waals surface area (Å²) in [5.41, 5.74) is 1.66. The first-order valence-corrected chi connectivity index (χ1v) is 6.49. The van der Waals surface area contributed by atoms with Crippen molar-refractivity contribution in [2.45, 2.75) is 6.92 Å². The Morgan fingerprint density at radius 1 is 1.25 bits per heavy atom. The summed E-state index contributed by atoms with van der Waals surface area (Å²) in [6.45, 7) is 4.28. The van der Waals surface area contributed by atoms with Gasteiger partial charge in [-0.15, -0.1) is 0 Å². The van der Waals surface area contributed by atoms with Crippen LogP contribution in [0.25, 0.3) is 10.9 Å². The fourth-order valence-electron chi connectivity index (χ4n) is 2.64. The van der Waals surface area contributed by atoms with Gasteiger partial charge in [0, 0.05) is 30.6 Å². The number of aromatic amines is 1. The third kappa shape index (κ3) is 1.98. The van der Waals surface area contributed by atoms with E-state index in [4.69, 9.17) is 4.74 Å². The summed E-state index contributed by atoms with van der Waals surface area (Å²) in [5.74, 6) is -0.389. The van der Waals surface area contributed by atoms with Crippen molar-refractivity contribution in [3.05, 3.63) is 28.0 Å². The maximum Gasteiger partial charge on any atom is 0.248 e. The number of benzene rings is 1. The molecule has 0 atom stereocenters. The highest BCUT2D eigenvalue weighted by Gasteiger charge is 2.19. The van der Waals surface area contributed by atoms with Crippen LogP contribution in [0.15, 0.2) is 16.9 Å². The number of nitrogens with zero attached hydrogens (tertiary/aromatic N) is 1. The number of anilines is 1. The van der Waals surface area contributed by atoms with Gasteiger partial charge in [0.05, 0.1) is 24.4 Å². The van der Waals surface area contributed by atoms with Crippen LogP contribution in [0.4, 0.5) is 5.69 Å². The van der Waals surface area contributed by atoms with E-state index in [0.717, 1.165) is 0 Å². The monoisotopic (exact) mass is 276 g/mol. The van der Waals surface area contributed by atoms with Crippen molar-refractivity contribution in [3.8, 4) is 11.5 Å². The van der Waals surface area contributed by atoms with Gasteiger partial charge in [-0.05, 0) is 12.5 Å². The molecule has 1 aromatic heterocycles. The van der Waals surface area contributed by atoms with Crippen molar-refractivity contribution in [3.63, 3.8) is 0 Å². The normalized spacial score (nSPS) is 15.8. The first-order valence-electron chi connectivity index (χ1n) is 6.49. The highest BCUT2D eigenvalue weighted by atomic mass is 16.5. The zero-order valence-corrected chi connectivity index (χ0v) is 11.1. The van der Waals surface area contributed by atoms with Crippen LogP contribution >= 0.6 is 0 Å². The molecule has 1 aromatic carbocycles. The minimum atomic E-state index is -0.227. The van der Waals surface area contributed by atoms with E-state index in [9.17, 15) is 15.0 Å². The van der Waals surface area contributed by atoms with Crippen LogP contribution in [-0.4, -0.2) is 41.5 Å². The second-order valence-corrected chi connectivity index (χ2v) is 4.93. The second-order valence-electron chi connectivity index (χ2n) is 4.93. The number of aromatic hydroxyl groups is 2. The molecule has 0 spiro atoms. The van der Waals surface area contributed by atoms with Crippen LogP contribution < -0.4 is 10.5 Å². The Bertz CT molecular complexity index is 717. The Labute approximate surface area is 115 Å². The van der Waals surface area contributed by atoms with Crippen molar-refractivity contribution >= 4 is 16.6 Å². The molecule has 2 aromatic rings. The van der Waals surface area contributed by atoms with Crippen LogP contribution in [0, 0.1) is 6.92 Å². The lowest BCUT2D eigenvalue weighted by molar-refractivity contribution is 0.123. The molecule has 1 fully saturated rings. The van der Waals surface area contributed by atoms with Gasteiger partial charge in [-0.1, -0.05) is 0 Å². The van der Waals surface area contributed by atoms with E-state index >= 15 is 0 Å². The van der Waals surface area contributed by atoms with Crippen molar-refractivity contribution in [2.75, 3.05) is 31.2 Å². The maximum atomic E-state index is 11.7. The number of rotatable bonds is 1. The van der Waals surface area contributed by atoms with Crippen molar-refractivity contribution < 1.29 is 14.9 Å². The zero-order chi connectivity index (χ0) is 14.3. The minimum absolute atomic E-state index is 0.186. The SMILES string of the molecule is Cc1cc(=O)[nH]c2c(N3CCOCC3)cc(O)c(O)c12. The lowest BCUT2D eigenvalue weighted by Crippen LogP contribution is -2.36. The van der Waals surface area contributed by atoms with Crippen LogP contribution in [0.1, 0.15) is 5.56 Å². The van der Waals surface area contributed by atoms with E-state index < -0.39 is 0 Å². The molecule has 0 unspecified atom stereocenters. The molecule has 106 valence electrons. The predicted octanol–water partition coefficient (Wildman–Crippen LogP) is 1.08. The summed E-state index contributed by atoms with van der Waals surface area (Å²) >= 11 is 0. The molecular weight excluding hydrogens is 260 g/mol. The topological polar surface area (TPSA) is 85.8 Å². The van der Waals surface area contributed by atoms with E-state index in [1.165, 1.54) is 12.1 Å². The highest BCUT2D eigenvalue weighted by Crippen LogP contribution is 2.40. The zero-order valence-electron chi connectivity index (χ0n) is 11.1. The largest absolute Gasteiger partial charge is 0.504 e. The number of aromatic nitrogens is 1. The summed E-state index contributed by atoms with van der Waals surface area (Å²) in [6, 6.07) is 2.89. The predicted molar refractivity (Wildman–Crippen MR) is 75.7 cm³/mol. The van der Waals surface area contributed by atoms with E-state index in [-0.39, 0.29) is 17.1 Å². The van der Waals surface area contributed by atoms with Crippen molar-refractivity contribution in [1.29, 1.82) is 0 Å². The summed E-state index contributed by atoms with van der Waals surface area (Å²) in [5, 5.41) is 20.4. The lowest BCUT2D eigenvalue weighted by Gasteiger charge is -2.30. The molecule has 0 radical (unpaired) electrons. The quantitative estimate of drug-likeness (QED) is 0.679. The third-order valence-electron chi connectivity index (χ3n) is 3.60. The van der Waals surface area contributed by atoms with E-state index in [1.807, 2.05) is 4.90 Å². The molecule has 6 nitrogen and oxygen atoms in total. The Morgan fingerprint density at radius 2 is 1.95 bits per heavy atom. The molecule has 0 saturated carbocycles. The number of aryl methyl sites for hydroxylation is 1. The Morgan fingerprint density at radius 3 is 2.65 bits per heavy atom. The molecule has 6 heteroatoms. The Hall–Kier alpha value is -2.21. The molecule has 3 N–H and O–H groups in total. The first-order chi connectivity index (χ1) is 9.58. The number of ether oxygens (including phenoxy) is 1. The van der Waals surface area contributed by atoms with Crippen LogP contribution in [0.5, 0.6) is 11.5 Å². The molecule has 0 bridgehead atoms. The van der Waals surface area contributed by atoms with Gasteiger partial charge in [-0.3, -0.25) is 4.79 Å². The fourth-order valence-corrected chi connectivity index (χ4v) is 2.64. The van der Waals surface area contributed by atoms with E-state index in [0.29, 0.717) is 48.5 Å².